The second-order valence-corrected chi connectivity index (χ2v) is 10.9. The number of rotatable bonds is 4. The van der Waals surface area contributed by atoms with Gasteiger partial charge in [0, 0.05) is 16.2 Å². The second kappa shape index (κ2) is 8.55. The maximum atomic E-state index is 13.0. The van der Waals surface area contributed by atoms with Gasteiger partial charge < -0.3 is 14.7 Å². The summed E-state index contributed by atoms with van der Waals surface area (Å²) in [5, 5.41) is 10.4. The molecule has 0 aromatic heterocycles. The summed E-state index contributed by atoms with van der Waals surface area (Å²) in [5.41, 5.74) is 0.305. The number of amides is 1. The number of aliphatic hydroxyl groups excluding tert-OH is 1. The van der Waals surface area contributed by atoms with E-state index in [9.17, 15) is 23.1 Å². The molecule has 8 heteroatoms. The highest BCUT2D eigenvalue weighted by Gasteiger charge is 2.43. The van der Waals surface area contributed by atoms with Gasteiger partial charge in [-0.15, -0.1) is 11.8 Å². The van der Waals surface area contributed by atoms with E-state index in [0.717, 1.165) is 17.7 Å². The van der Waals surface area contributed by atoms with Crippen LogP contribution in [0.4, 0.5) is 18.9 Å². The van der Waals surface area contributed by atoms with Crippen molar-refractivity contribution in [2.75, 3.05) is 18.1 Å². The maximum absolute atomic E-state index is 13.0. The van der Waals surface area contributed by atoms with E-state index in [1.54, 1.807) is 4.90 Å². The minimum Gasteiger partial charge on any atom is -0.490 e. The number of hydrogen-bond acceptors (Lipinski definition) is 4. The van der Waals surface area contributed by atoms with Crippen molar-refractivity contribution in [2.45, 2.75) is 62.0 Å². The zero-order valence-electron chi connectivity index (χ0n) is 18.9. The predicted molar refractivity (Wildman–Crippen MR) is 123 cm³/mol. The van der Waals surface area contributed by atoms with Gasteiger partial charge in [-0.25, -0.2) is 0 Å². The summed E-state index contributed by atoms with van der Waals surface area (Å²) in [6, 6.07) is 10.9. The highest BCUT2D eigenvalue weighted by Crippen LogP contribution is 2.54. The van der Waals surface area contributed by atoms with Crippen molar-refractivity contribution in [3.63, 3.8) is 0 Å². The SMILES string of the molecule is CCN1C(=O)C(C)(C)COc2cc(C3(Sc4ccc(C(F)(F)F)cc4)CCC(O)C3)ccc21. The third kappa shape index (κ3) is 4.60. The van der Waals surface area contributed by atoms with Crippen LogP contribution >= 0.6 is 11.8 Å². The normalized spacial score (nSPS) is 24.9. The lowest BCUT2D eigenvalue weighted by Crippen LogP contribution is -2.42. The van der Waals surface area contributed by atoms with E-state index in [1.165, 1.54) is 23.9 Å². The number of halogens is 3. The monoisotopic (exact) mass is 479 g/mol. The first-order chi connectivity index (χ1) is 15.4. The van der Waals surface area contributed by atoms with Gasteiger partial charge in [0.05, 0.1) is 22.8 Å². The minimum atomic E-state index is -4.38. The van der Waals surface area contributed by atoms with Gasteiger partial charge in [0.15, 0.2) is 0 Å². The summed E-state index contributed by atoms with van der Waals surface area (Å²) in [7, 11) is 0. The van der Waals surface area contributed by atoms with Gasteiger partial charge in [-0.2, -0.15) is 13.2 Å². The second-order valence-electron chi connectivity index (χ2n) is 9.42. The molecule has 0 spiro atoms. The van der Waals surface area contributed by atoms with Gasteiger partial charge in [0.2, 0.25) is 5.91 Å². The molecule has 2 atom stereocenters. The van der Waals surface area contributed by atoms with Crippen molar-refractivity contribution in [3.05, 3.63) is 53.6 Å². The van der Waals surface area contributed by atoms with Crippen LogP contribution in [0.2, 0.25) is 0 Å². The quantitative estimate of drug-likeness (QED) is 0.584. The molecule has 0 radical (unpaired) electrons. The lowest BCUT2D eigenvalue weighted by atomic mass is 9.93. The van der Waals surface area contributed by atoms with E-state index >= 15 is 0 Å². The number of anilines is 1. The number of benzene rings is 2. The molecule has 1 N–H and O–H groups in total. The first kappa shape index (κ1) is 24.0. The van der Waals surface area contributed by atoms with Crippen LogP contribution in [0, 0.1) is 5.41 Å². The largest absolute Gasteiger partial charge is 0.490 e. The van der Waals surface area contributed by atoms with Gasteiger partial charge in [-0.05, 0) is 82.0 Å². The Hall–Kier alpha value is -2.19. The number of nitrogens with zero attached hydrogens (tertiary/aromatic N) is 1. The van der Waals surface area contributed by atoms with Crippen molar-refractivity contribution in [1.29, 1.82) is 0 Å². The third-order valence-corrected chi connectivity index (χ3v) is 7.95. The Morgan fingerprint density at radius 1 is 1.18 bits per heavy atom. The standard InChI is InChI=1S/C25H28F3NO3S/c1-4-29-20-10-7-17(13-21(20)32-15-23(2,3)22(29)31)24(12-11-18(30)14-24)33-19-8-5-16(6-9-19)25(26,27)28/h5-10,13,18,30H,4,11-12,14-15H2,1-3H3. The molecule has 1 heterocycles. The number of hydrogen-bond donors (Lipinski definition) is 1. The van der Waals surface area contributed by atoms with Crippen LogP contribution in [-0.4, -0.2) is 30.3 Å². The number of fused-ring (bicyclic) bond motifs is 1. The van der Waals surface area contributed by atoms with Gasteiger partial charge in [-0.1, -0.05) is 6.07 Å². The fourth-order valence-electron chi connectivity index (χ4n) is 4.58. The lowest BCUT2D eigenvalue weighted by molar-refractivity contribution is -0.137. The molecule has 2 aromatic rings. The van der Waals surface area contributed by atoms with Gasteiger partial charge in [0.1, 0.15) is 12.4 Å². The number of aliphatic hydroxyl groups is 1. The number of alkyl halides is 3. The highest BCUT2D eigenvalue weighted by atomic mass is 32.2. The summed E-state index contributed by atoms with van der Waals surface area (Å²) in [4.78, 5) is 15.4. The molecule has 1 fully saturated rings. The van der Waals surface area contributed by atoms with E-state index in [1.807, 2.05) is 39.0 Å². The first-order valence-electron chi connectivity index (χ1n) is 11.1. The Bertz CT molecular complexity index is 1040. The van der Waals surface area contributed by atoms with Crippen molar-refractivity contribution in [1.82, 2.24) is 0 Å². The van der Waals surface area contributed by atoms with Crippen molar-refractivity contribution < 1.29 is 27.8 Å². The average Bonchev–Trinajstić information content (AvgIpc) is 3.10. The Kier molecular flexibility index (Phi) is 6.20. The van der Waals surface area contributed by atoms with Gasteiger partial charge in [-0.3, -0.25) is 4.79 Å². The summed E-state index contributed by atoms with van der Waals surface area (Å²) < 4.78 is 44.5. The predicted octanol–water partition coefficient (Wildman–Crippen LogP) is 6.01. The molecule has 0 saturated heterocycles. The Balaban J connectivity index is 1.70. The summed E-state index contributed by atoms with van der Waals surface area (Å²) in [6.07, 6.45) is -3.09. The molecule has 0 bridgehead atoms. The molecule has 1 aliphatic heterocycles. The number of thioether (sulfide) groups is 1. The van der Waals surface area contributed by atoms with Crippen molar-refractivity contribution in [2.24, 2.45) is 5.41 Å². The molecular weight excluding hydrogens is 451 g/mol. The summed E-state index contributed by atoms with van der Waals surface area (Å²) >= 11 is 1.47. The van der Waals surface area contributed by atoms with E-state index < -0.39 is 28.0 Å². The van der Waals surface area contributed by atoms with Gasteiger partial charge in [0.25, 0.3) is 0 Å². The molecule has 2 aliphatic rings. The number of ether oxygens (including phenoxy) is 1. The van der Waals surface area contributed by atoms with Crippen LogP contribution in [0.5, 0.6) is 5.75 Å². The molecule has 1 aliphatic carbocycles. The molecule has 1 amide bonds. The van der Waals surface area contributed by atoms with E-state index in [2.05, 4.69) is 0 Å². The molecule has 33 heavy (non-hydrogen) atoms. The van der Waals surface area contributed by atoms with Crippen molar-refractivity contribution in [3.8, 4) is 5.75 Å². The Morgan fingerprint density at radius 2 is 1.88 bits per heavy atom. The zero-order valence-corrected chi connectivity index (χ0v) is 19.7. The molecule has 178 valence electrons. The van der Waals surface area contributed by atoms with Crippen LogP contribution < -0.4 is 9.64 Å². The molecule has 1 saturated carbocycles. The van der Waals surface area contributed by atoms with E-state index in [4.69, 9.17) is 4.74 Å². The fourth-order valence-corrected chi connectivity index (χ4v) is 6.04. The lowest BCUT2D eigenvalue weighted by Gasteiger charge is -2.31. The van der Waals surface area contributed by atoms with E-state index in [-0.39, 0.29) is 12.5 Å². The number of carbonyl (C=O) groups is 1. The molecular formula is C25H28F3NO3S. The number of carbonyl (C=O) groups excluding carboxylic acids is 1. The fraction of sp³-hybridized carbons (Fsp3) is 0.480. The topological polar surface area (TPSA) is 49.8 Å². The summed E-state index contributed by atoms with van der Waals surface area (Å²) in [6.45, 7) is 6.41. The minimum absolute atomic E-state index is 0.00151. The third-order valence-electron chi connectivity index (χ3n) is 6.45. The summed E-state index contributed by atoms with van der Waals surface area (Å²) in [5.74, 6) is 0.615. The molecule has 2 aromatic carbocycles. The molecule has 4 nitrogen and oxygen atoms in total. The van der Waals surface area contributed by atoms with Crippen molar-refractivity contribution >= 4 is 23.4 Å². The first-order valence-corrected chi connectivity index (χ1v) is 11.9. The maximum Gasteiger partial charge on any atom is 0.416 e. The molecule has 2 unspecified atom stereocenters. The Morgan fingerprint density at radius 3 is 2.45 bits per heavy atom. The Labute approximate surface area is 196 Å². The van der Waals surface area contributed by atoms with Crippen LogP contribution in [0.15, 0.2) is 47.4 Å². The smallest absolute Gasteiger partial charge is 0.416 e. The van der Waals surface area contributed by atoms with Gasteiger partial charge >= 0.3 is 6.18 Å². The van der Waals surface area contributed by atoms with Crippen LogP contribution in [0.3, 0.4) is 0 Å². The molecule has 4 rings (SSSR count). The van der Waals surface area contributed by atoms with Crippen LogP contribution in [0.1, 0.15) is 51.2 Å². The van der Waals surface area contributed by atoms with E-state index in [0.29, 0.717) is 42.1 Å². The van der Waals surface area contributed by atoms with Crippen LogP contribution in [0.25, 0.3) is 0 Å². The average molecular weight is 480 g/mol. The van der Waals surface area contributed by atoms with Crippen LogP contribution in [-0.2, 0) is 15.7 Å². The highest BCUT2D eigenvalue weighted by molar-refractivity contribution is 8.00. The zero-order chi connectivity index (χ0) is 24.0.